The van der Waals surface area contributed by atoms with Crippen molar-refractivity contribution in [1.29, 1.82) is 0 Å². The summed E-state index contributed by atoms with van der Waals surface area (Å²) in [5.74, 6) is 0. The van der Waals surface area contributed by atoms with Crippen LogP contribution < -0.4 is 4.57 Å². The molecule has 2 aliphatic carbocycles. The third kappa shape index (κ3) is 3.07. The molecule has 0 aliphatic heterocycles. The molecular formula is C27H30N+. The Bertz CT molecular complexity index is 1190. The van der Waals surface area contributed by atoms with Gasteiger partial charge in [0.15, 0.2) is 6.20 Å². The zero-order valence-corrected chi connectivity index (χ0v) is 16.8. The maximum absolute atomic E-state index is 9.06. The highest BCUT2D eigenvalue weighted by Gasteiger charge is 2.38. The van der Waals surface area contributed by atoms with Crippen molar-refractivity contribution in [2.45, 2.75) is 51.8 Å². The molecule has 0 amide bonds. The number of aryl methyl sites for hydroxylation is 2. The first-order valence-electron chi connectivity index (χ1n) is 12.4. The predicted octanol–water partition coefficient (Wildman–Crippen LogP) is 6.20. The lowest BCUT2D eigenvalue weighted by Gasteiger charge is -2.33. The summed E-state index contributed by atoms with van der Waals surface area (Å²) in [6.07, 6.45) is 2.84. The van der Waals surface area contributed by atoms with Crippen molar-refractivity contribution >= 4 is 0 Å². The highest BCUT2D eigenvalue weighted by atomic mass is 14.9. The molecule has 5 rings (SSSR count). The molecule has 0 atom stereocenters. The Balaban J connectivity index is 1.58. The van der Waals surface area contributed by atoms with Crippen molar-refractivity contribution in [3.05, 3.63) is 77.5 Å². The number of hydrogen-bond donors (Lipinski definition) is 0. The fourth-order valence-electron chi connectivity index (χ4n) is 4.81. The summed E-state index contributed by atoms with van der Waals surface area (Å²) in [5.41, 5.74) is 5.60. The van der Waals surface area contributed by atoms with Gasteiger partial charge in [0.1, 0.15) is 7.05 Å². The van der Waals surface area contributed by atoms with Crippen LogP contribution in [0, 0.1) is 12.3 Å². The van der Waals surface area contributed by atoms with Gasteiger partial charge in [0.25, 0.3) is 0 Å². The van der Waals surface area contributed by atoms with Gasteiger partial charge in [-0.1, -0.05) is 55.7 Å². The van der Waals surface area contributed by atoms with E-state index in [1.807, 2.05) is 37.4 Å². The van der Waals surface area contributed by atoms with Gasteiger partial charge in [-0.2, -0.15) is 0 Å². The van der Waals surface area contributed by atoms with Crippen LogP contribution in [-0.4, -0.2) is 0 Å². The third-order valence-electron chi connectivity index (χ3n) is 6.36. The lowest BCUT2D eigenvalue weighted by atomic mass is 9.72. The topological polar surface area (TPSA) is 3.88 Å². The van der Waals surface area contributed by atoms with E-state index in [4.69, 9.17) is 5.48 Å². The zero-order valence-electron chi connectivity index (χ0n) is 20.8. The van der Waals surface area contributed by atoms with Gasteiger partial charge in [0, 0.05) is 22.7 Å². The second-order valence-corrected chi connectivity index (χ2v) is 8.38. The largest absolute Gasteiger partial charge is 0.212 e. The van der Waals surface area contributed by atoms with E-state index in [-0.39, 0.29) is 0 Å². The Morgan fingerprint density at radius 3 is 2.39 bits per heavy atom. The van der Waals surface area contributed by atoms with Crippen LogP contribution in [0.3, 0.4) is 0 Å². The summed E-state index contributed by atoms with van der Waals surface area (Å²) < 4.78 is 38.1. The highest BCUT2D eigenvalue weighted by molar-refractivity contribution is 5.67. The van der Waals surface area contributed by atoms with Crippen molar-refractivity contribution < 1.29 is 10.1 Å². The number of pyridine rings is 1. The molecular weight excluding hydrogens is 338 g/mol. The number of hydrogen-bond acceptors (Lipinski definition) is 0. The summed E-state index contributed by atoms with van der Waals surface area (Å²) in [7, 11) is 2.04. The lowest BCUT2D eigenvalue weighted by Crippen LogP contribution is -2.30. The summed E-state index contributed by atoms with van der Waals surface area (Å²) in [6, 6.07) is 18.2. The molecule has 1 heterocycles. The summed E-state index contributed by atoms with van der Waals surface area (Å²) in [6.45, 7) is 2.11. The first kappa shape index (κ1) is 13.7. The minimum Gasteiger partial charge on any atom is -0.200 e. The molecule has 1 aromatic heterocycles. The molecule has 0 unspecified atom stereocenters. The predicted molar refractivity (Wildman–Crippen MR) is 116 cm³/mol. The van der Waals surface area contributed by atoms with Gasteiger partial charge < -0.3 is 0 Å². The van der Waals surface area contributed by atoms with Gasteiger partial charge in [-0.3, -0.25) is 0 Å². The number of aromatic nitrogens is 1. The van der Waals surface area contributed by atoms with Crippen LogP contribution in [0.15, 0.2) is 60.8 Å². The van der Waals surface area contributed by atoms with Gasteiger partial charge in [-0.25, -0.2) is 4.57 Å². The van der Waals surface area contributed by atoms with Crippen LogP contribution in [0.5, 0.6) is 0 Å². The van der Waals surface area contributed by atoms with Gasteiger partial charge in [0.2, 0.25) is 5.69 Å². The van der Waals surface area contributed by atoms with Crippen LogP contribution >= 0.6 is 0 Å². The fraction of sp³-hybridized carbons (Fsp3) is 0.370. The average Bonchev–Trinajstić information content (AvgIpc) is 2.90. The first-order chi connectivity index (χ1) is 15.2. The van der Waals surface area contributed by atoms with Crippen molar-refractivity contribution in [1.82, 2.24) is 0 Å². The fourth-order valence-corrected chi connectivity index (χ4v) is 4.81. The molecule has 1 spiro atoms. The molecule has 1 saturated carbocycles. The molecule has 1 nitrogen and oxygen atoms in total. The second-order valence-electron chi connectivity index (χ2n) is 8.38. The SMILES string of the molecule is [2H]C1([2H])c2ccc(-c3ccc(-c4ccccc4C)[n+](C)c3)cc2C([2H])([2H])C12CCCCC2. The molecule has 2 aromatic carbocycles. The minimum absolute atomic E-state index is 0.535. The Morgan fingerprint density at radius 2 is 1.61 bits per heavy atom. The Hall–Kier alpha value is -2.41. The second kappa shape index (κ2) is 6.88. The molecule has 0 saturated heterocycles. The normalized spacial score (nSPS) is 23.4. The van der Waals surface area contributed by atoms with E-state index in [2.05, 4.69) is 42.0 Å². The van der Waals surface area contributed by atoms with E-state index in [9.17, 15) is 0 Å². The summed E-state index contributed by atoms with van der Waals surface area (Å²) >= 11 is 0. The van der Waals surface area contributed by atoms with E-state index < -0.39 is 18.2 Å². The van der Waals surface area contributed by atoms with Crippen LogP contribution in [0.2, 0.25) is 0 Å². The minimum atomic E-state index is -1.68. The monoisotopic (exact) mass is 372 g/mol. The average molecular weight is 373 g/mol. The molecule has 1 heteroatoms. The third-order valence-corrected chi connectivity index (χ3v) is 6.36. The number of nitrogens with zero attached hydrogens (tertiary/aromatic N) is 1. The van der Waals surface area contributed by atoms with Crippen LogP contribution in [0.25, 0.3) is 22.4 Å². The quantitative estimate of drug-likeness (QED) is 0.471. The van der Waals surface area contributed by atoms with Crippen LogP contribution in [0.4, 0.5) is 0 Å². The summed E-state index contributed by atoms with van der Waals surface area (Å²) in [4.78, 5) is 0. The van der Waals surface area contributed by atoms with E-state index in [0.717, 1.165) is 36.1 Å². The molecule has 0 N–H and O–H groups in total. The van der Waals surface area contributed by atoms with Crippen LogP contribution in [-0.2, 0) is 19.8 Å². The first-order valence-corrected chi connectivity index (χ1v) is 10.4. The molecule has 2 aliphatic rings. The Labute approximate surface area is 174 Å². The number of fused-ring (bicyclic) bond motifs is 1. The molecule has 0 radical (unpaired) electrons. The van der Waals surface area contributed by atoms with Crippen LogP contribution in [0.1, 0.15) is 54.3 Å². The van der Waals surface area contributed by atoms with Crippen molar-refractivity contribution in [2.75, 3.05) is 0 Å². The van der Waals surface area contributed by atoms with E-state index >= 15 is 0 Å². The number of rotatable bonds is 2. The van der Waals surface area contributed by atoms with Gasteiger partial charge in [-0.15, -0.1) is 0 Å². The molecule has 1 fully saturated rings. The molecule has 3 aromatic rings. The van der Waals surface area contributed by atoms with Crippen molar-refractivity contribution in [3.8, 4) is 22.4 Å². The van der Waals surface area contributed by atoms with Gasteiger partial charge in [0.05, 0.1) is 0 Å². The van der Waals surface area contributed by atoms with E-state index in [0.29, 0.717) is 24.0 Å². The molecule has 28 heavy (non-hydrogen) atoms. The summed E-state index contributed by atoms with van der Waals surface area (Å²) in [5, 5.41) is 0. The molecule has 0 bridgehead atoms. The lowest BCUT2D eigenvalue weighted by molar-refractivity contribution is -0.659. The van der Waals surface area contributed by atoms with Crippen molar-refractivity contribution in [2.24, 2.45) is 12.5 Å². The molecule has 142 valence electrons. The standard InChI is InChI=1S/C27H30N/c1-20-8-4-5-9-25(20)26-13-12-23(19-28(26)2)21-10-11-22-17-27(18-24(22)16-21)14-6-3-7-15-27/h4-5,8-13,16,19H,3,6-7,14-15,17-18H2,1-2H3/q+1/i17D2,18D2. The Kier molecular flexibility index (Phi) is 3.37. The maximum atomic E-state index is 9.06. The van der Waals surface area contributed by atoms with E-state index in [1.54, 1.807) is 0 Å². The van der Waals surface area contributed by atoms with Gasteiger partial charge >= 0.3 is 0 Å². The van der Waals surface area contributed by atoms with Crippen molar-refractivity contribution in [3.63, 3.8) is 0 Å². The zero-order chi connectivity index (χ0) is 22.7. The number of benzene rings is 2. The highest BCUT2D eigenvalue weighted by Crippen LogP contribution is 2.47. The smallest absolute Gasteiger partial charge is 0.200 e. The maximum Gasteiger partial charge on any atom is 0.212 e. The van der Waals surface area contributed by atoms with E-state index in [1.165, 1.54) is 11.1 Å². The Morgan fingerprint density at radius 1 is 0.857 bits per heavy atom. The van der Waals surface area contributed by atoms with Gasteiger partial charge in [-0.05, 0) is 72.3 Å².